The van der Waals surface area contributed by atoms with E-state index in [1.54, 1.807) is 25.1 Å². The van der Waals surface area contributed by atoms with Gasteiger partial charge >= 0.3 is 5.97 Å². The van der Waals surface area contributed by atoms with Crippen LogP contribution in [0, 0.1) is 15.9 Å². The van der Waals surface area contributed by atoms with Gasteiger partial charge in [-0.25, -0.2) is 14.2 Å². The Labute approximate surface area is 258 Å². The van der Waals surface area contributed by atoms with Crippen LogP contribution in [0.3, 0.4) is 0 Å². The number of benzene rings is 3. The lowest BCUT2D eigenvalue weighted by molar-refractivity contribution is -0.384. The summed E-state index contributed by atoms with van der Waals surface area (Å²) in [5.41, 5.74) is 1.58. The Hall–Kier alpha value is -5.62. The van der Waals surface area contributed by atoms with Gasteiger partial charge in [0.2, 0.25) is 0 Å². The number of methoxy groups -OCH3 is 1. The zero-order chi connectivity index (χ0) is 31.7. The van der Waals surface area contributed by atoms with Crippen LogP contribution in [0.5, 0.6) is 5.75 Å². The monoisotopic (exact) mass is 625 g/mol. The number of halogens is 1. The topological polar surface area (TPSA) is 126 Å². The second kappa shape index (κ2) is 12.2. The lowest BCUT2D eigenvalue weighted by Crippen LogP contribution is -2.40. The zero-order valence-corrected chi connectivity index (χ0v) is 24.7. The van der Waals surface area contributed by atoms with Crippen molar-refractivity contribution in [2.75, 3.05) is 13.7 Å². The van der Waals surface area contributed by atoms with Crippen molar-refractivity contribution in [3.63, 3.8) is 0 Å². The van der Waals surface area contributed by atoms with Gasteiger partial charge in [0.25, 0.3) is 11.2 Å². The van der Waals surface area contributed by atoms with Gasteiger partial charge in [-0.15, -0.1) is 0 Å². The number of nitrogens with zero attached hydrogens (tertiary/aromatic N) is 3. The fourth-order valence-corrected chi connectivity index (χ4v) is 6.08. The third-order valence-corrected chi connectivity index (χ3v) is 8.10. The number of non-ortho nitro benzene ring substituents is 1. The molecule has 3 aromatic carbocycles. The van der Waals surface area contributed by atoms with E-state index in [-0.39, 0.29) is 28.1 Å². The molecule has 0 saturated carbocycles. The van der Waals surface area contributed by atoms with Crippen LogP contribution in [0.4, 0.5) is 10.1 Å². The molecule has 0 radical (unpaired) electrons. The highest BCUT2D eigenvalue weighted by Gasteiger charge is 2.35. The third-order valence-electron chi connectivity index (χ3n) is 7.12. The molecule has 1 atom stereocenters. The normalized spacial score (nSPS) is 14.6. The third kappa shape index (κ3) is 5.58. The van der Waals surface area contributed by atoms with E-state index in [1.807, 2.05) is 30.3 Å². The molecule has 5 aromatic rings. The fourth-order valence-electron chi connectivity index (χ4n) is 5.10. The first-order chi connectivity index (χ1) is 21.8. The molecule has 0 N–H and O–H groups in total. The second-order valence-corrected chi connectivity index (χ2v) is 10.8. The average molecular weight is 626 g/mol. The van der Waals surface area contributed by atoms with E-state index in [1.165, 1.54) is 54.1 Å². The van der Waals surface area contributed by atoms with Gasteiger partial charge in [-0.1, -0.05) is 53.8 Å². The van der Waals surface area contributed by atoms with Crippen molar-refractivity contribution in [3.05, 3.63) is 143 Å². The molecule has 1 aliphatic heterocycles. The first-order valence-corrected chi connectivity index (χ1v) is 14.6. The Morgan fingerprint density at radius 2 is 1.87 bits per heavy atom. The number of nitro benzene ring substituents is 1. The summed E-state index contributed by atoms with van der Waals surface area (Å²) in [5.74, 6) is -0.141. The minimum absolute atomic E-state index is 0.103. The Bertz CT molecular complexity index is 2150. The molecule has 0 spiro atoms. The summed E-state index contributed by atoms with van der Waals surface area (Å²) in [6.07, 6.45) is 1.56. The number of hydrogen-bond acceptors (Lipinski definition) is 9. The molecule has 0 amide bonds. The number of carbonyl (C=O) groups is 1. The Morgan fingerprint density at radius 1 is 1.11 bits per heavy atom. The standard InChI is InChI=1S/C33H24FN3O7S/c1-3-43-32(39)28-29(19-7-5-4-6-8-19)35-33-36(30(28)20-9-11-21(34)12-10-20)31(38)27(45-33)18-23-14-16-25(44-23)24-15-13-22(37(40)41)17-26(24)42-2/h4-18,30H,3H2,1-2H3/b27-18-/t30-/m1/s1. The van der Waals surface area contributed by atoms with Crippen molar-refractivity contribution in [1.82, 2.24) is 4.57 Å². The summed E-state index contributed by atoms with van der Waals surface area (Å²) in [4.78, 5) is 43.3. The first-order valence-electron chi connectivity index (χ1n) is 13.8. The molecule has 10 nitrogen and oxygen atoms in total. The van der Waals surface area contributed by atoms with Crippen LogP contribution >= 0.6 is 11.3 Å². The van der Waals surface area contributed by atoms with E-state index in [0.717, 1.165) is 11.3 Å². The van der Waals surface area contributed by atoms with Crippen molar-refractivity contribution in [2.45, 2.75) is 13.0 Å². The maximum atomic E-state index is 14.0. The van der Waals surface area contributed by atoms with Crippen LogP contribution in [-0.2, 0) is 9.53 Å². The van der Waals surface area contributed by atoms with E-state index in [9.17, 15) is 24.1 Å². The average Bonchev–Trinajstić information content (AvgIpc) is 3.64. The molecule has 6 rings (SSSR count). The molecule has 226 valence electrons. The maximum Gasteiger partial charge on any atom is 0.338 e. The lowest BCUT2D eigenvalue weighted by atomic mass is 9.93. The molecule has 3 heterocycles. The molecule has 0 aliphatic carbocycles. The SMILES string of the molecule is CCOC(=O)C1=C(c2ccccc2)N=c2s/c(=C\c3ccc(-c4ccc([N+](=O)[O-])cc4OC)o3)c(=O)n2[C@@H]1c1ccc(F)cc1. The van der Waals surface area contributed by atoms with Gasteiger partial charge < -0.3 is 13.9 Å². The van der Waals surface area contributed by atoms with Crippen LogP contribution in [0.15, 0.2) is 105 Å². The van der Waals surface area contributed by atoms with Crippen molar-refractivity contribution in [1.29, 1.82) is 0 Å². The van der Waals surface area contributed by atoms with Crippen LogP contribution in [-0.4, -0.2) is 29.2 Å². The quantitative estimate of drug-likeness (QED) is 0.131. The van der Waals surface area contributed by atoms with Crippen LogP contribution in [0.2, 0.25) is 0 Å². The summed E-state index contributed by atoms with van der Waals surface area (Å²) in [7, 11) is 1.40. The first kappa shape index (κ1) is 29.5. The van der Waals surface area contributed by atoms with Gasteiger partial charge in [0.1, 0.15) is 23.1 Å². The maximum absolute atomic E-state index is 14.0. The number of thiazole rings is 1. The molecule has 0 saturated heterocycles. The van der Waals surface area contributed by atoms with Crippen molar-refractivity contribution in [3.8, 4) is 17.1 Å². The molecule has 0 fully saturated rings. The predicted molar refractivity (Wildman–Crippen MR) is 165 cm³/mol. The van der Waals surface area contributed by atoms with Crippen LogP contribution in [0.25, 0.3) is 23.1 Å². The highest BCUT2D eigenvalue weighted by Crippen LogP contribution is 2.36. The van der Waals surface area contributed by atoms with Crippen LogP contribution in [0.1, 0.15) is 29.9 Å². The Balaban J connectivity index is 1.52. The van der Waals surface area contributed by atoms with Crippen molar-refractivity contribution < 1.29 is 28.0 Å². The largest absolute Gasteiger partial charge is 0.496 e. The number of carbonyl (C=O) groups excluding carboxylic acids is 1. The zero-order valence-electron chi connectivity index (χ0n) is 23.9. The number of hydrogen-bond donors (Lipinski definition) is 0. The summed E-state index contributed by atoms with van der Waals surface area (Å²) in [6.45, 7) is 1.79. The summed E-state index contributed by atoms with van der Waals surface area (Å²) < 4.78 is 32.4. The van der Waals surface area contributed by atoms with Gasteiger partial charge in [0, 0.05) is 17.7 Å². The molecule has 12 heteroatoms. The fraction of sp³-hybridized carbons (Fsp3) is 0.121. The number of fused-ring (bicyclic) bond motifs is 1. The molecule has 45 heavy (non-hydrogen) atoms. The molecule has 2 aromatic heterocycles. The van der Waals surface area contributed by atoms with Crippen LogP contribution < -0.4 is 19.6 Å². The van der Waals surface area contributed by atoms with Gasteiger partial charge in [-0.2, -0.15) is 0 Å². The molecule has 0 unspecified atom stereocenters. The van der Waals surface area contributed by atoms with E-state index in [0.29, 0.717) is 38.7 Å². The van der Waals surface area contributed by atoms with E-state index in [4.69, 9.17) is 18.9 Å². The Morgan fingerprint density at radius 3 is 2.56 bits per heavy atom. The van der Waals surface area contributed by atoms with E-state index in [2.05, 4.69) is 0 Å². The van der Waals surface area contributed by atoms with Gasteiger partial charge in [0.05, 0.1) is 52.1 Å². The smallest absolute Gasteiger partial charge is 0.338 e. The minimum atomic E-state index is -0.949. The predicted octanol–water partition coefficient (Wildman–Crippen LogP) is 5.25. The summed E-state index contributed by atoms with van der Waals surface area (Å²) in [5, 5.41) is 11.2. The number of ether oxygens (including phenoxy) is 2. The second-order valence-electron chi connectivity index (χ2n) is 9.83. The molecule has 1 aliphatic rings. The van der Waals surface area contributed by atoms with Gasteiger partial charge in [-0.05, 0) is 42.8 Å². The van der Waals surface area contributed by atoms with E-state index >= 15 is 0 Å². The number of aromatic nitrogens is 1. The van der Waals surface area contributed by atoms with Crippen molar-refractivity contribution >= 4 is 34.8 Å². The lowest BCUT2D eigenvalue weighted by Gasteiger charge is -2.25. The van der Waals surface area contributed by atoms with Gasteiger partial charge in [-0.3, -0.25) is 19.5 Å². The van der Waals surface area contributed by atoms with Gasteiger partial charge in [0.15, 0.2) is 4.80 Å². The molecular formula is C33H24FN3O7S. The van der Waals surface area contributed by atoms with E-state index < -0.39 is 28.3 Å². The Kier molecular flexibility index (Phi) is 7.97. The number of esters is 1. The summed E-state index contributed by atoms with van der Waals surface area (Å²) >= 11 is 1.11. The highest BCUT2D eigenvalue weighted by atomic mass is 32.1. The number of nitro groups is 1. The molecular weight excluding hydrogens is 601 g/mol. The number of rotatable bonds is 8. The molecule has 0 bridgehead atoms. The highest BCUT2D eigenvalue weighted by molar-refractivity contribution is 7.07. The minimum Gasteiger partial charge on any atom is -0.496 e. The number of furan rings is 1. The summed E-state index contributed by atoms with van der Waals surface area (Å²) in [6, 6.07) is 21.2. The van der Waals surface area contributed by atoms with Crippen molar-refractivity contribution in [2.24, 2.45) is 4.99 Å².